The molecule has 2 rings (SSSR count). The molecular formula is C16H22ClN3O. The highest BCUT2D eigenvalue weighted by atomic mass is 35.5. The van der Waals surface area contributed by atoms with Crippen LogP contribution in [0.5, 0.6) is 0 Å². The Hall–Kier alpha value is -1.68. The molecule has 1 saturated carbocycles. The van der Waals surface area contributed by atoms with Gasteiger partial charge in [0.1, 0.15) is 0 Å². The van der Waals surface area contributed by atoms with Crippen LogP contribution in [0.2, 0.25) is 5.02 Å². The molecule has 4 nitrogen and oxygen atoms in total. The van der Waals surface area contributed by atoms with Gasteiger partial charge < -0.3 is 5.32 Å². The van der Waals surface area contributed by atoms with E-state index in [4.69, 9.17) is 11.6 Å². The number of nitrogens with one attached hydrogen (secondary N) is 3. The van der Waals surface area contributed by atoms with Crippen molar-refractivity contribution in [2.24, 2.45) is 0 Å². The highest BCUT2D eigenvalue weighted by molar-refractivity contribution is 6.30. The number of benzene rings is 1. The van der Waals surface area contributed by atoms with E-state index in [1.54, 1.807) is 0 Å². The zero-order valence-electron chi connectivity index (χ0n) is 12.3. The molecule has 0 aromatic heterocycles. The minimum absolute atomic E-state index is 0.191. The SMILES string of the molecule is C/C=C(\NNC(=O)NC1CCCCC1)c1cccc(Cl)c1. The third-order valence-corrected chi connectivity index (χ3v) is 3.91. The number of hydrogen-bond acceptors (Lipinski definition) is 2. The Morgan fingerprint density at radius 3 is 2.67 bits per heavy atom. The van der Waals surface area contributed by atoms with E-state index >= 15 is 0 Å². The predicted octanol–water partition coefficient (Wildman–Crippen LogP) is 3.84. The number of amides is 2. The van der Waals surface area contributed by atoms with Crippen LogP contribution in [0.25, 0.3) is 5.70 Å². The Morgan fingerprint density at radius 2 is 2.00 bits per heavy atom. The Kier molecular flexibility index (Phi) is 5.93. The minimum Gasteiger partial charge on any atom is -0.334 e. The molecule has 2 amide bonds. The Morgan fingerprint density at radius 1 is 1.24 bits per heavy atom. The third kappa shape index (κ3) is 4.97. The number of rotatable bonds is 4. The second-order valence-corrected chi connectivity index (χ2v) is 5.71. The van der Waals surface area contributed by atoms with E-state index in [0.29, 0.717) is 11.1 Å². The van der Waals surface area contributed by atoms with Gasteiger partial charge >= 0.3 is 6.03 Å². The summed E-state index contributed by atoms with van der Waals surface area (Å²) in [6.07, 6.45) is 7.69. The fourth-order valence-corrected chi connectivity index (χ4v) is 2.75. The molecule has 1 aliphatic carbocycles. The molecule has 0 unspecified atom stereocenters. The van der Waals surface area contributed by atoms with Crippen LogP contribution in [0.3, 0.4) is 0 Å². The standard InChI is InChI=1S/C16H22ClN3O/c1-2-15(12-7-6-8-13(17)11-12)19-20-16(21)18-14-9-4-3-5-10-14/h2,6-8,11,14,19H,3-5,9-10H2,1H3,(H2,18,20,21)/b15-2-. The quantitative estimate of drug-likeness (QED) is 0.740. The number of allylic oxidation sites excluding steroid dienone is 1. The number of hydrogen-bond donors (Lipinski definition) is 3. The van der Waals surface area contributed by atoms with Crippen LogP contribution in [0.4, 0.5) is 4.79 Å². The number of carbonyl (C=O) groups excluding carboxylic acids is 1. The molecule has 0 atom stereocenters. The van der Waals surface area contributed by atoms with Crippen molar-refractivity contribution in [2.45, 2.75) is 45.1 Å². The van der Waals surface area contributed by atoms with E-state index in [9.17, 15) is 4.79 Å². The second kappa shape index (κ2) is 7.93. The maximum atomic E-state index is 11.9. The molecule has 1 aliphatic rings. The summed E-state index contributed by atoms with van der Waals surface area (Å²) in [6.45, 7) is 1.91. The average Bonchev–Trinajstić information content (AvgIpc) is 2.49. The summed E-state index contributed by atoms with van der Waals surface area (Å²) in [5.41, 5.74) is 7.38. The first-order valence-electron chi connectivity index (χ1n) is 7.44. The molecule has 114 valence electrons. The zero-order valence-corrected chi connectivity index (χ0v) is 13.0. The van der Waals surface area contributed by atoms with Crippen molar-refractivity contribution in [2.75, 3.05) is 0 Å². The van der Waals surface area contributed by atoms with Gasteiger partial charge in [-0.05, 0) is 31.9 Å². The van der Waals surface area contributed by atoms with E-state index in [1.807, 2.05) is 37.3 Å². The number of halogens is 1. The maximum absolute atomic E-state index is 11.9. The van der Waals surface area contributed by atoms with Crippen molar-refractivity contribution in [1.29, 1.82) is 0 Å². The van der Waals surface area contributed by atoms with Crippen LogP contribution in [0.1, 0.15) is 44.6 Å². The van der Waals surface area contributed by atoms with E-state index in [0.717, 1.165) is 24.1 Å². The van der Waals surface area contributed by atoms with E-state index in [1.165, 1.54) is 19.3 Å². The average molecular weight is 308 g/mol. The topological polar surface area (TPSA) is 53.2 Å². The molecule has 0 radical (unpaired) electrons. The van der Waals surface area contributed by atoms with Gasteiger partial charge in [0, 0.05) is 16.6 Å². The van der Waals surface area contributed by atoms with Crippen LogP contribution < -0.4 is 16.2 Å². The fraction of sp³-hybridized carbons (Fsp3) is 0.438. The summed E-state index contributed by atoms with van der Waals surface area (Å²) < 4.78 is 0. The van der Waals surface area contributed by atoms with E-state index in [2.05, 4.69) is 16.2 Å². The van der Waals surface area contributed by atoms with Gasteiger partial charge in [-0.3, -0.25) is 10.9 Å². The van der Waals surface area contributed by atoms with Gasteiger partial charge in [-0.2, -0.15) is 0 Å². The lowest BCUT2D eigenvalue weighted by molar-refractivity contribution is 0.230. The lowest BCUT2D eigenvalue weighted by Gasteiger charge is -2.23. The highest BCUT2D eigenvalue weighted by Crippen LogP contribution is 2.18. The van der Waals surface area contributed by atoms with Gasteiger partial charge in [-0.1, -0.05) is 49.1 Å². The minimum atomic E-state index is -0.191. The first-order valence-corrected chi connectivity index (χ1v) is 7.81. The molecule has 0 heterocycles. The van der Waals surface area contributed by atoms with Crippen molar-refractivity contribution in [3.05, 3.63) is 40.9 Å². The first kappa shape index (κ1) is 15.7. The largest absolute Gasteiger partial charge is 0.334 e. The predicted molar refractivity (Wildman–Crippen MR) is 86.8 cm³/mol. The smallest absolute Gasteiger partial charge is 0.333 e. The van der Waals surface area contributed by atoms with Gasteiger partial charge in [0.25, 0.3) is 0 Å². The van der Waals surface area contributed by atoms with Crippen molar-refractivity contribution in [1.82, 2.24) is 16.2 Å². The second-order valence-electron chi connectivity index (χ2n) is 5.27. The summed E-state index contributed by atoms with van der Waals surface area (Å²) in [5.74, 6) is 0. The van der Waals surface area contributed by atoms with Crippen LogP contribution in [0, 0.1) is 0 Å². The summed E-state index contributed by atoms with van der Waals surface area (Å²) in [7, 11) is 0. The molecule has 0 spiro atoms. The molecular weight excluding hydrogens is 286 g/mol. The molecule has 0 aliphatic heterocycles. The van der Waals surface area contributed by atoms with Crippen LogP contribution in [-0.4, -0.2) is 12.1 Å². The Labute approximate surface area is 130 Å². The molecule has 0 saturated heterocycles. The van der Waals surface area contributed by atoms with Gasteiger partial charge in [0.15, 0.2) is 0 Å². The lowest BCUT2D eigenvalue weighted by atomic mass is 9.96. The van der Waals surface area contributed by atoms with Gasteiger partial charge in [-0.25, -0.2) is 4.79 Å². The molecule has 0 bridgehead atoms. The Balaban J connectivity index is 1.84. The molecule has 21 heavy (non-hydrogen) atoms. The summed E-state index contributed by atoms with van der Waals surface area (Å²) in [4.78, 5) is 11.9. The number of carbonyl (C=O) groups is 1. The highest BCUT2D eigenvalue weighted by Gasteiger charge is 2.15. The monoisotopic (exact) mass is 307 g/mol. The van der Waals surface area contributed by atoms with Crippen LogP contribution >= 0.6 is 11.6 Å². The molecule has 1 fully saturated rings. The summed E-state index contributed by atoms with van der Waals surface area (Å²) in [5, 5.41) is 3.66. The zero-order chi connectivity index (χ0) is 15.1. The van der Waals surface area contributed by atoms with Crippen molar-refractivity contribution in [3.63, 3.8) is 0 Å². The van der Waals surface area contributed by atoms with Gasteiger partial charge in [-0.15, -0.1) is 0 Å². The number of urea groups is 1. The van der Waals surface area contributed by atoms with Crippen LogP contribution in [-0.2, 0) is 0 Å². The normalized spacial score (nSPS) is 16.4. The van der Waals surface area contributed by atoms with Gasteiger partial charge in [0.2, 0.25) is 0 Å². The number of hydrazine groups is 1. The van der Waals surface area contributed by atoms with E-state index in [-0.39, 0.29) is 6.03 Å². The third-order valence-electron chi connectivity index (χ3n) is 3.68. The van der Waals surface area contributed by atoms with Crippen molar-refractivity contribution >= 4 is 23.3 Å². The molecule has 1 aromatic rings. The van der Waals surface area contributed by atoms with Crippen molar-refractivity contribution < 1.29 is 4.79 Å². The maximum Gasteiger partial charge on any atom is 0.333 e. The summed E-state index contributed by atoms with van der Waals surface area (Å²) in [6, 6.07) is 7.59. The van der Waals surface area contributed by atoms with E-state index < -0.39 is 0 Å². The fourth-order valence-electron chi connectivity index (χ4n) is 2.56. The first-order chi connectivity index (χ1) is 10.2. The molecule has 3 N–H and O–H groups in total. The van der Waals surface area contributed by atoms with Crippen LogP contribution in [0.15, 0.2) is 30.3 Å². The molecule has 5 heteroatoms. The summed E-state index contributed by atoms with van der Waals surface area (Å²) >= 11 is 5.98. The molecule has 1 aromatic carbocycles. The van der Waals surface area contributed by atoms with Crippen molar-refractivity contribution in [3.8, 4) is 0 Å². The lowest BCUT2D eigenvalue weighted by Crippen LogP contribution is -2.47. The Bertz CT molecular complexity index is 510. The van der Waals surface area contributed by atoms with Gasteiger partial charge in [0.05, 0.1) is 5.70 Å².